The van der Waals surface area contributed by atoms with Gasteiger partial charge in [-0.25, -0.2) is 4.98 Å². The van der Waals surface area contributed by atoms with Crippen molar-refractivity contribution in [2.24, 2.45) is 5.41 Å². The van der Waals surface area contributed by atoms with Crippen LogP contribution >= 0.6 is 0 Å². The molecule has 5 heteroatoms. The van der Waals surface area contributed by atoms with Crippen LogP contribution < -0.4 is 10.6 Å². The SMILES string of the molecule is CC1(C)CCN(c2ccc3nc(N)[nH]c3c2)C(=O)C1. The molecule has 1 amide bonds. The minimum Gasteiger partial charge on any atom is -0.369 e. The maximum atomic E-state index is 12.2. The second kappa shape index (κ2) is 3.98. The first kappa shape index (κ1) is 12.0. The summed E-state index contributed by atoms with van der Waals surface area (Å²) < 4.78 is 0. The summed E-state index contributed by atoms with van der Waals surface area (Å²) in [5, 5.41) is 0. The molecular weight excluding hydrogens is 240 g/mol. The van der Waals surface area contributed by atoms with Gasteiger partial charge in [0.15, 0.2) is 5.95 Å². The van der Waals surface area contributed by atoms with Crippen LogP contribution in [0.4, 0.5) is 11.6 Å². The number of aromatic amines is 1. The Bertz CT molecular complexity index is 644. The van der Waals surface area contributed by atoms with E-state index in [1.54, 1.807) is 0 Å². The Morgan fingerprint density at radius 1 is 1.42 bits per heavy atom. The van der Waals surface area contributed by atoms with Crippen LogP contribution in [0.15, 0.2) is 18.2 Å². The largest absolute Gasteiger partial charge is 0.369 e. The highest BCUT2D eigenvalue weighted by Crippen LogP contribution is 2.33. The zero-order chi connectivity index (χ0) is 13.6. The summed E-state index contributed by atoms with van der Waals surface area (Å²) in [6.07, 6.45) is 1.61. The molecule has 5 nitrogen and oxygen atoms in total. The monoisotopic (exact) mass is 258 g/mol. The number of benzene rings is 1. The summed E-state index contributed by atoms with van der Waals surface area (Å²) in [5.74, 6) is 0.585. The first-order valence-corrected chi connectivity index (χ1v) is 6.50. The van der Waals surface area contributed by atoms with Gasteiger partial charge in [-0.15, -0.1) is 0 Å². The van der Waals surface area contributed by atoms with Gasteiger partial charge in [-0.1, -0.05) is 13.8 Å². The third-order valence-electron chi connectivity index (χ3n) is 3.74. The molecule has 3 rings (SSSR count). The van der Waals surface area contributed by atoms with Crippen molar-refractivity contribution in [2.45, 2.75) is 26.7 Å². The molecule has 1 fully saturated rings. The summed E-state index contributed by atoms with van der Waals surface area (Å²) >= 11 is 0. The summed E-state index contributed by atoms with van der Waals surface area (Å²) in [4.78, 5) is 21.2. The Morgan fingerprint density at radius 2 is 2.21 bits per heavy atom. The molecule has 1 aliphatic heterocycles. The van der Waals surface area contributed by atoms with Crippen LogP contribution in [0.25, 0.3) is 11.0 Å². The second-order valence-corrected chi connectivity index (χ2v) is 5.96. The van der Waals surface area contributed by atoms with Crippen molar-refractivity contribution in [1.29, 1.82) is 0 Å². The molecule has 1 saturated heterocycles. The van der Waals surface area contributed by atoms with E-state index in [1.165, 1.54) is 0 Å². The number of nitrogen functional groups attached to an aromatic ring is 1. The highest BCUT2D eigenvalue weighted by molar-refractivity contribution is 5.96. The van der Waals surface area contributed by atoms with Gasteiger partial charge >= 0.3 is 0 Å². The van der Waals surface area contributed by atoms with E-state index in [2.05, 4.69) is 23.8 Å². The molecule has 0 radical (unpaired) electrons. The number of nitrogens with two attached hydrogens (primary N) is 1. The molecule has 19 heavy (non-hydrogen) atoms. The predicted molar refractivity (Wildman–Crippen MR) is 75.9 cm³/mol. The fourth-order valence-electron chi connectivity index (χ4n) is 2.59. The Balaban J connectivity index is 1.94. The Kier molecular flexibility index (Phi) is 2.52. The second-order valence-electron chi connectivity index (χ2n) is 5.96. The normalized spacial score (nSPS) is 19.1. The topological polar surface area (TPSA) is 75.0 Å². The zero-order valence-corrected chi connectivity index (χ0v) is 11.2. The highest BCUT2D eigenvalue weighted by Gasteiger charge is 2.32. The van der Waals surface area contributed by atoms with Crippen LogP contribution in [0.1, 0.15) is 26.7 Å². The quantitative estimate of drug-likeness (QED) is 0.824. The standard InChI is InChI=1S/C14H18N4O/c1-14(2)5-6-18(12(19)8-14)9-3-4-10-11(7-9)17-13(15)16-10/h3-4,7H,5-6,8H2,1-2H3,(H3,15,16,17). The number of rotatable bonds is 1. The van der Waals surface area contributed by atoms with E-state index in [1.807, 2.05) is 23.1 Å². The van der Waals surface area contributed by atoms with Crippen LogP contribution in [0.2, 0.25) is 0 Å². The van der Waals surface area contributed by atoms with Gasteiger partial charge in [0.25, 0.3) is 0 Å². The molecular formula is C14H18N4O. The van der Waals surface area contributed by atoms with Gasteiger partial charge in [0, 0.05) is 18.7 Å². The number of amides is 1. The van der Waals surface area contributed by atoms with Crippen molar-refractivity contribution in [3.63, 3.8) is 0 Å². The number of fused-ring (bicyclic) bond motifs is 1. The lowest BCUT2D eigenvalue weighted by Gasteiger charge is -2.36. The average molecular weight is 258 g/mol. The smallest absolute Gasteiger partial charge is 0.227 e. The van der Waals surface area contributed by atoms with Gasteiger partial charge in [0.1, 0.15) is 0 Å². The maximum Gasteiger partial charge on any atom is 0.227 e. The van der Waals surface area contributed by atoms with E-state index < -0.39 is 0 Å². The van der Waals surface area contributed by atoms with E-state index in [-0.39, 0.29) is 11.3 Å². The minimum absolute atomic E-state index is 0.107. The molecule has 1 aromatic heterocycles. The van der Waals surface area contributed by atoms with Crippen molar-refractivity contribution in [3.8, 4) is 0 Å². The molecule has 2 aromatic rings. The van der Waals surface area contributed by atoms with E-state index >= 15 is 0 Å². The number of piperidine rings is 1. The molecule has 0 unspecified atom stereocenters. The molecule has 0 atom stereocenters. The molecule has 2 heterocycles. The number of carbonyl (C=O) groups excluding carboxylic acids is 1. The van der Waals surface area contributed by atoms with E-state index in [4.69, 9.17) is 5.73 Å². The van der Waals surface area contributed by atoms with E-state index in [9.17, 15) is 4.79 Å². The van der Waals surface area contributed by atoms with Gasteiger partial charge < -0.3 is 15.6 Å². The number of hydrogen-bond acceptors (Lipinski definition) is 3. The number of H-pyrrole nitrogens is 1. The number of nitrogens with zero attached hydrogens (tertiary/aromatic N) is 2. The molecule has 100 valence electrons. The average Bonchev–Trinajstić information content (AvgIpc) is 2.66. The molecule has 0 bridgehead atoms. The first-order chi connectivity index (χ1) is 8.94. The lowest BCUT2D eigenvalue weighted by Crippen LogP contribution is -2.42. The molecule has 1 aliphatic rings. The van der Waals surface area contributed by atoms with Crippen molar-refractivity contribution >= 4 is 28.6 Å². The van der Waals surface area contributed by atoms with Crippen LogP contribution in [0.3, 0.4) is 0 Å². The van der Waals surface area contributed by atoms with Crippen LogP contribution in [-0.2, 0) is 4.79 Å². The third-order valence-corrected chi connectivity index (χ3v) is 3.74. The lowest BCUT2D eigenvalue weighted by atomic mass is 9.82. The van der Waals surface area contributed by atoms with Crippen molar-refractivity contribution in [3.05, 3.63) is 18.2 Å². The lowest BCUT2D eigenvalue weighted by molar-refractivity contribution is -0.122. The van der Waals surface area contributed by atoms with Crippen molar-refractivity contribution in [2.75, 3.05) is 17.2 Å². The number of nitrogens with one attached hydrogen (secondary N) is 1. The predicted octanol–water partition coefficient (Wildman–Crippen LogP) is 2.30. The minimum atomic E-state index is 0.107. The number of carbonyl (C=O) groups is 1. The first-order valence-electron chi connectivity index (χ1n) is 6.50. The number of imidazole rings is 1. The Labute approximate surface area is 111 Å². The van der Waals surface area contributed by atoms with E-state index in [0.717, 1.165) is 29.7 Å². The zero-order valence-electron chi connectivity index (χ0n) is 11.2. The summed E-state index contributed by atoms with van der Waals surface area (Å²) in [6, 6.07) is 5.76. The Hall–Kier alpha value is -2.04. The van der Waals surface area contributed by atoms with Crippen LogP contribution in [-0.4, -0.2) is 22.4 Å². The fraction of sp³-hybridized carbons (Fsp3) is 0.429. The molecule has 3 N–H and O–H groups in total. The third kappa shape index (κ3) is 2.16. The number of hydrogen-bond donors (Lipinski definition) is 2. The number of anilines is 2. The van der Waals surface area contributed by atoms with E-state index in [0.29, 0.717) is 12.4 Å². The Morgan fingerprint density at radius 3 is 2.95 bits per heavy atom. The van der Waals surface area contributed by atoms with Gasteiger partial charge in [-0.3, -0.25) is 4.79 Å². The molecule has 1 aromatic carbocycles. The summed E-state index contributed by atoms with van der Waals surface area (Å²) in [5.41, 5.74) is 8.35. The maximum absolute atomic E-state index is 12.2. The van der Waals surface area contributed by atoms with Gasteiger partial charge in [-0.05, 0) is 30.0 Å². The fourth-order valence-corrected chi connectivity index (χ4v) is 2.59. The van der Waals surface area contributed by atoms with Crippen molar-refractivity contribution in [1.82, 2.24) is 9.97 Å². The van der Waals surface area contributed by atoms with Gasteiger partial charge in [0.05, 0.1) is 11.0 Å². The highest BCUT2D eigenvalue weighted by atomic mass is 16.2. The van der Waals surface area contributed by atoms with Crippen LogP contribution in [0.5, 0.6) is 0 Å². The number of aromatic nitrogens is 2. The van der Waals surface area contributed by atoms with Crippen LogP contribution in [0, 0.1) is 5.41 Å². The summed E-state index contributed by atoms with van der Waals surface area (Å²) in [7, 11) is 0. The summed E-state index contributed by atoms with van der Waals surface area (Å²) in [6.45, 7) is 5.04. The molecule has 0 spiro atoms. The molecule has 0 aliphatic carbocycles. The van der Waals surface area contributed by atoms with Gasteiger partial charge in [0.2, 0.25) is 5.91 Å². The van der Waals surface area contributed by atoms with Crippen molar-refractivity contribution < 1.29 is 4.79 Å². The molecule has 0 saturated carbocycles. The van der Waals surface area contributed by atoms with Gasteiger partial charge in [-0.2, -0.15) is 0 Å².